The lowest BCUT2D eigenvalue weighted by atomic mass is 9.88. The molecule has 3 rings (SSSR count). The van der Waals surface area contributed by atoms with Crippen molar-refractivity contribution in [3.8, 4) is 0 Å². The van der Waals surface area contributed by atoms with E-state index in [2.05, 4.69) is 41.0 Å². The molecule has 2 heterocycles. The van der Waals surface area contributed by atoms with Gasteiger partial charge in [-0.3, -0.25) is 9.58 Å². The molecule has 0 bridgehead atoms. The van der Waals surface area contributed by atoms with Gasteiger partial charge in [0, 0.05) is 37.9 Å². The topological polar surface area (TPSA) is 33.1 Å². The predicted octanol–water partition coefficient (Wildman–Crippen LogP) is 2.96. The monoisotopic (exact) mass is 290 g/mol. The highest BCUT2D eigenvalue weighted by Gasteiger charge is 2.35. The van der Waals surface area contributed by atoms with E-state index < -0.39 is 0 Å². The van der Waals surface area contributed by atoms with E-state index in [1.54, 1.807) is 0 Å². The number of nitrogens with zero attached hydrogens (tertiary/aromatic N) is 3. The molecule has 4 nitrogen and oxygen atoms in total. The minimum absolute atomic E-state index is 0.315. The van der Waals surface area contributed by atoms with E-state index in [-0.39, 0.29) is 0 Å². The Kier molecular flexibility index (Phi) is 4.65. The number of hydrogen-bond donors (Lipinski definition) is 1. The summed E-state index contributed by atoms with van der Waals surface area (Å²) in [6.45, 7) is 9.00. The summed E-state index contributed by atoms with van der Waals surface area (Å²) in [7, 11) is 0. The fourth-order valence-corrected chi connectivity index (χ4v) is 4.11. The molecule has 1 aliphatic heterocycles. The second-order valence-corrected chi connectivity index (χ2v) is 6.76. The van der Waals surface area contributed by atoms with Crippen LogP contribution in [-0.4, -0.2) is 39.9 Å². The Morgan fingerprint density at radius 2 is 2.05 bits per heavy atom. The van der Waals surface area contributed by atoms with Crippen LogP contribution < -0.4 is 5.32 Å². The van der Waals surface area contributed by atoms with Crippen molar-refractivity contribution in [1.29, 1.82) is 0 Å². The second kappa shape index (κ2) is 6.49. The minimum Gasteiger partial charge on any atom is -0.314 e. The zero-order chi connectivity index (χ0) is 14.7. The van der Waals surface area contributed by atoms with Gasteiger partial charge in [-0.1, -0.05) is 26.7 Å². The summed E-state index contributed by atoms with van der Waals surface area (Å²) in [4.78, 5) is 2.66. The standard InChI is InChI=1S/C17H30N4/c1-3-17(4-2)14-18-10-12-20(17)13-15-9-11-21(19-15)16-7-5-6-8-16/h9,11,16,18H,3-8,10,12-14H2,1-2H3. The van der Waals surface area contributed by atoms with Crippen molar-refractivity contribution in [2.45, 2.75) is 70.5 Å². The van der Waals surface area contributed by atoms with Crippen LogP contribution in [0.15, 0.2) is 12.3 Å². The van der Waals surface area contributed by atoms with E-state index in [0.717, 1.165) is 26.2 Å². The molecule has 1 N–H and O–H groups in total. The van der Waals surface area contributed by atoms with Crippen molar-refractivity contribution in [1.82, 2.24) is 20.0 Å². The van der Waals surface area contributed by atoms with E-state index in [1.165, 1.54) is 44.2 Å². The molecule has 0 radical (unpaired) electrons. The van der Waals surface area contributed by atoms with Crippen molar-refractivity contribution in [3.05, 3.63) is 18.0 Å². The quantitative estimate of drug-likeness (QED) is 0.905. The van der Waals surface area contributed by atoms with Crippen molar-refractivity contribution < 1.29 is 0 Å². The number of piperazine rings is 1. The Balaban J connectivity index is 1.69. The van der Waals surface area contributed by atoms with Crippen LogP contribution in [0.5, 0.6) is 0 Å². The lowest BCUT2D eigenvalue weighted by Gasteiger charge is -2.46. The van der Waals surface area contributed by atoms with Crippen LogP contribution in [0.1, 0.15) is 64.1 Å². The summed E-state index contributed by atoms with van der Waals surface area (Å²) >= 11 is 0. The smallest absolute Gasteiger partial charge is 0.0765 e. The molecule has 2 fully saturated rings. The van der Waals surface area contributed by atoms with Gasteiger partial charge in [0.1, 0.15) is 0 Å². The van der Waals surface area contributed by atoms with Crippen molar-refractivity contribution in [2.24, 2.45) is 0 Å². The lowest BCUT2D eigenvalue weighted by Crippen LogP contribution is -2.60. The third-order valence-electron chi connectivity index (χ3n) is 5.71. The number of hydrogen-bond acceptors (Lipinski definition) is 3. The highest BCUT2D eigenvalue weighted by atomic mass is 15.3. The maximum absolute atomic E-state index is 4.88. The van der Waals surface area contributed by atoms with Crippen molar-refractivity contribution in [3.63, 3.8) is 0 Å². The molecule has 0 aromatic carbocycles. The van der Waals surface area contributed by atoms with Gasteiger partial charge in [0.15, 0.2) is 0 Å². The molecule has 4 heteroatoms. The first-order chi connectivity index (χ1) is 10.3. The van der Waals surface area contributed by atoms with Gasteiger partial charge in [-0.2, -0.15) is 5.10 Å². The Hall–Kier alpha value is -0.870. The van der Waals surface area contributed by atoms with E-state index in [4.69, 9.17) is 5.10 Å². The van der Waals surface area contributed by atoms with Crippen LogP contribution in [0, 0.1) is 0 Å². The van der Waals surface area contributed by atoms with Gasteiger partial charge < -0.3 is 5.32 Å². The molecular weight excluding hydrogens is 260 g/mol. The van der Waals surface area contributed by atoms with Crippen LogP contribution in [0.4, 0.5) is 0 Å². The van der Waals surface area contributed by atoms with E-state index in [0.29, 0.717) is 11.6 Å². The van der Waals surface area contributed by atoms with Gasteiger partial charge >= 0.3 is 0 Å². The van der Waals surface area contributed by atoms with Crippen molar-refractivity contribution >= 4 is 0 Å². The highest BCUT2D eigenvalue weighted by molar-refractivity contribution is 5.04. The SMILES string of the molecule is CCC1(CC)CNCCN1Cc1ccn(C2CCCC2)n1. The summed E-state index contributed by atoms with van der Waals surface area (Å²) in [6, 6.07) is 2.89. The van der Waals surface area contributed by atoms with Gasteiger partial charge in [-0.25, -0.2) is 0 Å². The molecule has 1 saturated carbocycles. The molecule has 2 aliphatic rings. The lowest BCUT2D eigenvalue weighted by molar-refractivity contribution is 0.0434. The largest absolute Gasteiger partial charge is 0.314 e. The third kappa shape index (κ3) is 3.02. The summed E-state index contributed by atoms with van der Waals surface area (Å²) in [5.74, 6) is 0. The fraction of sp³-hybridized carbons (Fsp3) is 0.824. The maximum atomic E-state index is 4.88. The van der Waals surface area contributed by atoms with Crippen LogP contribution in [0.2, 0.25) is 0 Å². The Bertz CT molecular complexity index is 443. The van der Waals surface area contributed by atoms with Crippen LogP contribution in [0.25, 0.3) is 0 Å². The van der Waals surface area contributed by atoms with Crippen LogP contribution in [-0.2, 0) is 6.54 Å². The average Bonchev–Trinajstić information content (AvgIpc) is 3.19. The average molecular weight is 290 g/mol. The molecule has 118 valence electrons. The number of nitrogens with one attached hydrogen (secondary N) is 1. The minimum atomic E-state index is 0.315. The van der Waals surface area contributed by atoms with Gasteiger partial charge in [0.25, 0.3) is 0 Å². The first kappa shape index (κ1) is 15.0. The molecule has 1 saturated heterocycles. The van der Waals surface area contributed by atoms with E-state index in [1.807, 2.05) is 0 Å². The number of aromatic nitrogens is 2. The molecule has 0 unspecified atom stereocenters. The molecule has 0 spiro atoms. The van der Waals surface area contributed by atoms with Gasteiger partial charge in [-0.15, -0.1) is 0 Å². The molecule has 21 heavy (non-hydrogen) atoms. The maximum Gasteiger partial charge on any atom is 0.0765 e. The molecular formula is C17H30N4. The van der Waals surface area contributed by atoms with Crippen molar-refractivity contribution in [2.75, 3.05) is 19.6 Å². The summed E-state index contributed by atoms with van der Waals surface area (Å²) < 4.78 is 2.23. The Morgan fingerprint density at radius 1 is 1.29 bits per heavy atom. The normalized spacial score (nSPS) is 23.7. The second-order valence-electron chi connectivity index (χ2n) is 6.76. The number of rotatable bonds is 5. The Morgan fingerprint density at radius 3 is 2.76 bits per heavy atom. The molecule has 1 aliphatic carbocycles. The third-order valence-corrected chi connectivity index (χ3v) is 5.71. The summed E-state index contributed by atoms with van der Waals surface area (Å²) in [5, 5.41) is 8.45. The van der Waals surface area contributed by atoms with E-state index in [9.17, 15) is 0 Å². The van der Waals surface area contributed by atoms with Gasteiger partial charge in [-0.05, 0) is 31.7 Å². The first-order valence-corrected chi connectivity index (χ1v) is 8.77. The highest BCUT2D eigenvalue weighted by Crippen LogP contribution is 2.30. The molecule has 0 atom stereocenters. The van der Waals surface area contributed by atoms with Crippen LogP contribution in [0.3, 0.4) is 0 Å². The zero-order valence-corrected chi connectivity index (χ0v) is 13.6. The first-order valence-electron chi connectivity index (χ1n) is 8.77. The zero-order valence-electron chi connectivity index (χ0n) is 13.6. The van der Waals surface area contributed by atoms with Crippen LogP contribution >= 0.6 is 0 Å². The van der Waals surface area contributed by atoms with E-state index >= 15 is 0 Å². The van der Waals surface area contributed by atoms with Gasteiger partial charge in [0.2, 0.25) is 0 Å². The summed E-state index contributed by atoms with van der Waals surface area (Å²) in [5.41, 5.74) is 1.56. The fourth-order valence-electron chi connectivity index (χ4n) is 4.11. The summed E-state index contributed by atoms with van der Waals surface area (Å²) in [6.07, 6.45) is 9.97. The molecule has 1 aromatic rings. The van der Waals surface area contributed by atoms with Gasteiger partial charge in [0.05, 0.1) is 11.7 Å². The predicted molar refractivity (Wildman–Crippen MR) is 86.3 cm³/mol. The molecule has 1 aromatic heterocycles. The molecule has 0 amide bonds. The Labute approximate surface area is 128 Å².